The number of hydrogen-bond donors (Lipinski definition) is 1. The second-order valence-electron chi connectivity index (χ2n) is 9.59. The lowest BCUT2D eigenvalue weighted by molar-refractivity contribution is -0.384. The Morgan fingerprint density at radius 3 is 2.40 bits per heavy atom. The van der Waals surface area contributed by atoms with Gasteiger partial charge in [-0.2, -0.15) is 0 Å². The number of carbonyl (C=O) groups excluding carboxylic acids is 2. The predicted octanol–water partition coefficient (Wildman–Crippen LogP) is 4.52. The summed E-state index contributed by atoms with van der Waals surface area (Å²) >= 11 is 0. The van der Waals surface area contributed by atoms with Crippen LogP contribution in [0.15, 0.2) is 95.9 Å². The highest BCUT2D eigenvalue weighted by atomic mass is 16.6. The van der Waals surface area contributed by atoms with Crippen molar-refractivity contribution in [2.75, 3.05) is 26.9 Å². The van der Waals surface area contributed by atoms with E-state index < -0.39 is 22.8 Å². The van der Waals surface area contributed by atoms with Gasteiger partial charge in [0, 0.05) is 49.6 Å². The number of nitro benzene ring substituents is 1. The number of dihydropyridines is 1. The number of nitrogens with zero attached hydrogens (tertiary/aromatic N) is 3. The molecule has 0 fully saturated rings. The Kier molecular flexibility index (Phi) is 10.0. The second kappa shape index (κ2) is 14.0. The maximum Gasteiger partial charge on any atom is 0.337 e. The van der Waals surface area contributed by atoms with Gasteiger partial charge < -0.3 is 24.1 Å². The van der Waals surface area contributed by atoms with Gasteiger partial charge in [0.2, 0.25) is 0 Å². The van der Waals surface area contributed by atoms with Crippen LogP contribution in [-0.2, 0) is 30.3 Å². The minimum absolute atomic E-state index is 0.00554. The molecule has 1 unspecified atom stereocenters. The molecule has 1 aliphatic heterocycles. The van der Waals surface area contributed by atoms with Crippen molar-refractivity contribution in [2.24, 2.45) is 0 Å². The predicted molar refractivity (Wildman–Crippen MR) is 155 cm³/mol. The lowest BCUT2D eigenvalue weighted by atomic mass is 9.80. The Morgan fingerprint density at radius 1 is 1.05 bits per heavy atom. The van der Waals surface area contributed by atoms with E-state index in [1.54, 1.807) is 38.5 Å². The molecule has 0 saturated carbocycles. The summed E-state index contributed by atoms with van der Waals surface area (Å²) in [4.78, 5) is 41.7. The van der Waals surface area contributed by atoms with Crippen molar-refractivity contribution in [3.63, 3.8) is 0 Å². The van der Waals surface area contributed by atoms with Gasteiger partial charge in [0.25, 0.3) is 5.69 Å². The van der Waals surface area contributed by atoms with Crippen molar-refractivity contribution in [1.29, 1.82) is 0 Å². The summed E-state index contributed by atoms with van der Waals surface area (Å²) in [6.07, 6.45) is 8.95. The van der Waals surface area contributed by atoms with Gasteiger partial charge in [0.1, 0.15) is 13.2 Å². The van der Waals surface area contributed by atoms with Gasteiger partial charge in [-0.15, -0.1) is 0 Å². The number of methoxy groups -OCH3 is 1. The molecule has 0 saturated heterocycles. The molecular formula is C31H32N4O7. The van der Waals surface area contributed by atoms with Gasteiger partial charge in [-0.1, -0.05) is 42.5 Å². The number of carbonyl (C=O) groups is 2. The first-order valence-corrected chi connectivity index (χ1v) is 13.3. The number of imidazole rings is 1. The zero-order valence-corrected chi connectivity index (χ0v) is 23.6. The molecule has 3 aromatic rings. The third-order valence-electron chi connectivity index (χ3n) is 6.66. The van der Waals surface area contributed by atoms with Crippen LogP contribution in [0.25, 0.3) is 6.08 Å². The monoisotopic (exact) mass is 572 g/mol. The van der Waals surface area contributed by atoms with Gasteiger partial charge in [0.15, 0.2) is 0 Å². The van der Waals surface area contributed by atoms with E-state index in [2.05, 4.69) is 10.3 Å². The fourth-order valence-electron chi connectivity index (χ4n) is 4.69. The normalized spacial score (nSPS) is 15.1. The van der Waals surface area contributed by atoms with Crippen LogP contribution < -0.4 is 5.32 Å². The summed E-state index contributed by atoms with van der Waals surface area (Å²) in [5.41, 5.74) is 3.55. The summed E-state index contributed by atoms with van der Waals surface area (Å²) in [5, 5.41) is 14.6. The van der Waals surface area contributed by atoms with E-state index in [4.69, 9.17) is 14.2 Å². The van der Waals surface area contributed by atoms with E-state index in [0.717, 1.165) is 11.1 Å². The van der Waals surface area contributed by atoms with Crippen LogP contribution in [0.2, 0.25) is 0 Å². The third-order valence-corrected chi connectivity index (χ3v) is 6.66. The van der Waals surface area contributed by atoms with E-state index in [0.29, 0.717) is 23.5 Å². The number of nitro groups is 1. The SMILES string of the molecule is COCCOC(=O)C1=C(C)NC(C)=C(C(=O)OC/C=C/c2ccc(Cn3ccnc3)cc2)C1c1cccc([N+](=O)[O-])c1. The van der Waals surface area contributed by atoms with Crippen LogP contribution >= 0.6 is 0 Å². The van der Waals surface area contributed by atoms with E-state index in [9.17, 15) is 19.7 Å². The fourth-order valence-corrected chi connectivity index (χ4v) is 4.69. The zero-order chi connectivity index (χ0) is 30.1. The molecule has 0 spiro atoms. The standard InChI is InChI=1S/C31H32N4O7/c1-21-27(30(36)41-15-5-6-23-9-11-24(12-10-23)19-34-14-13-32-20-34)29(25-7-4-8-26(18-25)35(38)39)28(22(2)33-21)31(37)42-17-16-40-3/h4-14,18,20,29,33H,15-17,19H2,1-3H3/b6-5+. The molecule has 0 amide bonds. The first kappa shape index (κ1) is 29.9. The number of aromatic nitrogens is 2. The van der Waals surface area contributed by atoms with Crippen molar-refractivity contribution in [3.05, 3.63) is 123 Å². The van der Waals surface area contributed by atoms with Crippen molar-refractivity contribution < 1.29 is 28.7 Å². The van der Waals surface area contributed by atoms with Crippen LogP contribution in [-0.4, -0.2) is 53.3 Å². The number of non-ortho nitro benzene ring substituents is 1. The van der Waals surface area contributed by atoms with Crippen LogP contribution in [0.4, 0.5) is 5.69 Å². The number of esters is 2. The van der Waals surface area contributed by atoms with Crippen molar-refractivity contribution in [3.8, 4) is 0 Å². The number of hydrogen-bond acceptors (Lipinski definition) is 9. The number of benzene rings is 2. The average molecular weight is 573 g/mol. The molecular weight excluding hydrogens is 540 g/mol. The van der Waals surface area contributed by atoms with Gasteiger partial charge >= 0.3 is 11.9 Å². The molecule has 1 N–H and O–H groups in total. The minimum atomic E-state index is -0.944. The third kappa shape index (κ3) is 7.38. The molecule has 2 aromatic carbocycles. The summed E-state index contributed by atoms with van der Waals surface area (Å²) in [5.74, 6) is -2.27. The highest BCUT2D eigenvalue weighted by Crippen LogP contribution is 2.40. The molecule has 0 bridgehead atoms. The molecule has 42 heavy (non-hydrogen) atoms. The first-order valence-electron chi connectivity index (χ1n) is 13.3. The van der Waals surface area contributed by atoms with Crippen molar-refractivity contribution in [1.82, 2.24) is 14.9 Å². The van der Waals surface area contributed by atoms with Crippen molar-refractivity contribution in [2.45, 2.75) is 26.3 Å². The van der Waals surface area contributed by atoms with Crippen LogP contribution in [0.1, 0.15) is 36.5 Å². The number of nitrogens with one attached hydrogen (secondary N) is 1. The van der Waals surface area contributed by atoms with E-state index >= 15 is 0 Å². The van der Waals surface area contributed by atoms with Gasteiger partial charge in [-0.05, 0) is 36.6 Å². The van der Waals surface area contributed by atoms with Gasteiger partial charge in [0.05, 0.1) is 34.9 Å². The molecule has 0 aliphatic carbocycles. The van der Waals surface area contributed by atoms with Crippen LogP contribution in [0, 0.1) is 10.1 Å². The summed E-state index contributed by atoms with van der Waals surface area (Å²) in [7, 11) is 1.49. The molecule has 1 atom stereocenters. The van der Waals surface area contributed by atoms with Gasteiger partial charge in [-0.25, -0.2) is 14.6 Å². The maximum atomic E-state index is 13.5. The smallest absolute Gasteiger partial charge is 0.337 e. The molecule has 2 heterocycles. The fraction of sp³-hybridized carbons (Fsp3) is 0.258. The topological polar surface area (TPSA) is 135 Å². The van der Waals surface area contributed by atoms with E-state index in [-0.39, 0.29) is 36.7 Å². The number of rotatable bonds is 12. The van der Waals surface area contributed by atoms with E-state index in [1.807, 2.05) is 41.1 Å². The summed E-state index contributed by atoms with van der Waals surface area (Å²) in [6, 6.07) is 13.8. The first-order chi connectivity index (χ1) is 20.3. The van der Waals surface area contributed by atoms with E-state index in [1.165, 1.54) is 25.3 Å². The lowest BCUT2D eigenvalue weighted by Gasteiger charge is -2.30. The summed E-state index contributed by atoms with van der Waals surface area (Å²) < 4.78 is 17.9. The number of allylic oxidation sites excluding steroid dienone is 2. The molecule has 0 radical (unpaired) electrons. The molecule has 1 aromatic heterocycles. The molecule has 11 heteroatoms. The highest BCUT2D eigenvalue weighted by molar-refractivity contribution is 6.00. The molecule has 11 nitrogen and oxygen atoms in total. The molecule has 218 valence electrons. The average Bonchev–Trinajstić information content (AvgIpc) is 3.49. The minimum Gasteiger partial charge on any atom is -0.460 e. The highest BCUT2D eigenvalue weighted by Gasteiger charge is 2.38. The van der Waals surface area contributed by atoms with Crippen LogP contribution in [0.3, 0.4) is 0 Å². The van der Waals surface area contributed by atoms with Crippen LogP contribution in [0.5, 0.6) is 0 Å². The van der Waals surface area contributed by atoms with Gasteiger partial charge in [-0.3, -0.25) is 10.1 Å². The second-order valence-corrected chi connectivity index (χ2v) is 9.59. The Morgan fingerprint density at radius 2 is 1.76 bits per heavy atom. The van der Waals surface area contributed by atoms with Crippen molar-refractivity contribution >= 4 is 23.7 Å². The Labute approximate surface area is 243 Å². The lowest BCUT2D eigenvalue weighted by Crippen LogP contribution is -2.32. The Balaban J connectivity index is 1.52. The zero-order valence-electron chi connectivity index (χ0n) is 23.6. The Bertz CT molecular complexity index is 1520. The number of ether oxygens (including phenoxy) is 3. The summed E-state index contributed by atoms with van der Waals surface area (Å²) in [6.45, 7) is 4.27. The largest absolute Gasteiger partial charge is 0.460 e. The molecule has 4 rings (SSSR count). The quantitative estimate of drug-likeness (QED) is 0.144. The Hall–Kier alpha value is -5.03. The molecule has 1 aliphatic rings. The maximum absolute atomic E-state index is 13.5.